The SMILES string of the molecule is CCC(NC(=O)C1CCCCC1CN)c1ccc(Cl)cc1. The Hall–Kier alpha value is -1.06. The Labute approximate surface area is 132 Å². The average molecular weight is 309 g/mol. The van der Waals surface area contributed by atoms with Crippen molar-refractivity contribution < 1.29 is 4.79 Å². The number of nitrogens with one attached hydrogen (secondary N) is 1. The van der Waals surface area contributed by atoms with E-state index < -0.39 is 0 Å². The molecule has 1 aliphatic carbocycles. The fourth-order valence-corrected chi connectivity index (χ4v) is 3.36. The smallest absolute Gasteiger partial charge is 0.223 e. The second kappa shape index (κ2) is 7.81. The van der Waals surface area contributed by atoms with Crippen molar-refractivity contribution in [2.24, 2.45) is 17.6 Å². The summed E-state index contributed by atoms with van der Waals surface area (Å²) in [7, 11) is 0. The van der Waals surface area contributed by atoms with E-state index in [2.05, 4.69) is 12.2 Å². The van der Waals surface area contributed by atoms with Crippen molar-refractivity contribution in [1.82, 2.24) is 5.32 Å². The molecule has 1 aromatic carbocycles. The molecule has 1 aliphatic rings. The number of carbonyl (C=O) groups is 1. The van der Waals surface area contributed by atoms with Gasteiger partial charge in [-0.05, 0) is 49.4 Å². The number of rotatable bonds is 5. The van der Waals surface area contributed by atoms with E-state index in [-0.39, 0.29) is 17.9 Å². The Bertz CT molecular complexity index is 460. The highest BCUT2D eigenvalue weighted by molar-refractivity contribution is 6.30. The third kappa shape index (κ3) is 4.21. The van der Waals surface area contributed by atoms with Crippen molar-refractivity contribution in [1.29, 1.82) is 0 Å². The molecule has 1 fully saturated rings. The van der Waals surface area contributed by atoms with Crippen molar-refractivity contribution in [3.05, 3.63) is 34.9 Å². The predicted octanol–water partition coefficient (Wildman–Crippen LogP) is 3.67. The lowest BCUT2D eigenvalue weighted by atomic mass is 9.78. The Morgan fingerprint density at radius 1 is 1.33 bits per heavy atom. The van der Waals surface area contributed by atoms with Gasteiger partial charge in [0.15, 0.2) is 0 Å². The molecule has 1 saturated carbocycles. The number of amides is 1. The molecule has 4 heteroatoms. The molecule has 116 valence electrons. The molecule has 1 aromatic rings. The molecule has 0 heterocycles. The van der Waals surface area contributed by atoms with Crippen molar-refractivity contribution in [3.63, 3.8) is 0 Å². The fraction of sp³-hybridized carbons (Fsp3) is 0.588. The number of nitrogens with two attached hydrogens (primary N) is 1. The highest BCUT2D eigenvalue weighted by atomic mass is 35.5. The molecule has 0 bridgehead atoms. The zero-order valence-electron chi connectivity index (χ0n) is 12.6. The zero-order chi connectivity index (χ0) is 15.2. The Balaban J connectivity index is 2.03. The van der Waals surface area contributed by atoms with Crippen LogP contribution in [0, 0.1) is 11.8 Å². The van der Waals surface area contributed by atoms with Crippen LogP contribution in [0.2, 0.25) is 5.02 Å². The second-order valence-corrected chi connectivity index (χ2v) is 6.34. The van der Waals surface area contributed by atoms with E-state index in [1.165, 1.54) is 6.42 Å². The molecule has 21 heavy (non-hydrogen) atoms. The van der Waals surface area contributed by atoms with Gasteiger partial charge in [0.25, 0.3) is 0 Å². The van der Waals surface area contributed by atoms with Crippen molar-refractivity contribution in [3.8, 4) is 0 Å². The lowest BCUT2D eigenvalue weighted by Crippen LogP contribution is -2.40. The normalized spacial score (nSPS) is 23.6. The number of hydrogen-bond donors (Lipinski definition) is 2. The van der Waals surface area contributed by atoms with Crippen LogP contribution in [-0.4, -0.2) is 12.5 Å². The van der Waals surface area contributed by atoms with Crippen molar-refractivity contribution in [2.45, 2.75) is 45.1 Å². The molecular formula is C17H25ClN2O. The molecule has 0 aliphatic heterocycles. The molecule has 3 N–H and O–H groups in total. The monoisotopic (exact) mass is 308 g/mol. The van der Waals surface area contributed by atoms with E-state index in [0.29, 0.717) is 12.5 Å². The predicted molar refractivity (Wildman–Crippen MR) is 87.1 cm³/mol. The first-order chi connectivity index (χ1) is 10.2. The van der Waals surface area contributed by atoms with Crippen LogP contribution in [0.5, 0.6) is 0 Å². The zero-order valence-corrected chi connectivity index (χ0v) is 13.4. The van der Waals surface area contributed by atoms with E-state index >= 15 is 0 Å². The molecule has 3 atom stereocenters. The van der Waals surface area contributed by atoms with Gasteiger partial charge in [-0.3, -0.25) is 4.79 Å². The highest BCUT2D eigenvalue weighted by Gasteiger charge is 2.30. The number of halogens is 1. The standard InChI is InChI=1S/C17H25ClN2O/c1-2-16(12-7-9-14(18)10-8-12)20-17(21)15-6-4-3-5-13(15)11-19/h7-10,13,15-16H,2-6,11,19H2,1H3,(H,20,21). The number of hydrogen-bond acceptors (Lipinski definition) is 2. The van der Waals surface area contributed by atoms with Crippen LogP contribution >= 0.6 is 11.6 Å². The van der Waals surface area contributed by atoms with Crippen LogP contribution in [0.3, 0.4) is 0 Å². The molecule has 2 rings (SSSR count). The summed E-state index contributed by atoms with van der Waals surface area (Å²) in [4.78, 5) is 12.6. The maximum absolute atomic E-state index is 12.6. The first kappa shape index (κ1) is 16.3. The highest BCUT2D eigenvalue weighted by Crippen LogP contribution is 2.30. The summed E-state index contributed by atoms with van der Waals surface area (Å²) >= 11 is 5.92. The molecular weight excluding hydrogens is 284 g/mol. The van der Waals surface area contributed by atoms with E-state index in [1.807, 2.05) is 24.3 Å². The van der Waals surface area contributed by atoms with Gasteiger partial charge in [-0.2, -0.15) is 0 Å². The van der Waals surface area contributed by atoms with Gasteiger partial charge < -0.3 is 11.1 Å². The largest absolute Gasteiger partial charge is 0.349 e. The van der Waals surface area contributed by atoms with Crippen molar-refractivity contribution in [2.75, 3.05) is 6.54 Å². The molecule has 0 saturated heterocycles. The maximum Gasteiger partial charge on any atom is 0.223 e. The fourth-order valence-electron chi connectivity index (χ4n) is 3.23. The van der Waals surface area contributed by atoms with Gasteiger partial charge in [0, 0.05) is 10.9 Å². The summed E-state index contributed by atoms with van der Waals surface area (Å²) in [5, 5.41) is 3.92. The summed E-state index contributed by atoms with van der Waals surface area (Å²) in [6.45, 7) is 2.69. The van der Waals surface area contributed by atoms with Gasteiger partial charge in [0.05, 0.1) is 6.04 Å². The van der Waals surface area contributed by atoms with Crippen LogP contribution < -0.4 is 11.1 Å². The van der Waals surface area contributed by atoms with Crippen LogP contribution in [0.1, 0.15) is 50.6 Å². The third-order valence-corrected chi connectivity index (χ3v) is 4.80. The number of carbonyl (C=O) groups excluding carboxylic acids is 1. The summed E-state index contributed by atoms with van der Waals surface area (Å²) in [5.41, 5.74) is 6.93. The maximum atomic E-state index is 12.6. The van der Waals surface area contributed by atoms with Gasteiger partial charge >= 0.3 is 0 Å². The Kier molecular flexibility index (Phi) is 6.07. The minimum absolute atomic E-state index is 0.0510. The average Bonchev–Trinajstić information content (AvgIpc) is 2.53. The molecule has 1 amide bonds. The van der Waals surface area contributed by atoms with Gasteiger partial charge in [0.1, 0.15) is 0 Å². The molecule has 0 spiro atoms. The van der Waals surface area contributed by atoms with Gasteiger partial charge in [0.2, 0.25) is 5.91 Å². The van der Waals surface area contributed by atoms with E-state index in [0.717, 1.165) is 36.3 Å². The third-order valence-electron chi connectivity index (χ3n) is 4.55. The molecule has 0 aromatic heterocycles. The Morgan fingerprint density at radius 2 is 2.00 bits per heavy atom. The van der Waals surface area contributed by atoms with E-state index in [1.54, 1.807) is 0 Å². The van der Waals surface area contributed by atoms with Crippen LogP contribution in [0.15, 0.2) is 24.3 Å². The first-order valence-corrected chi connectivity index (χ1v) is 8.29. The van der Waals surface area contributed by atoms with Gasteiger partial charge in [-0.25, -0.2) is 0 Å². The van der Waals surface area contributed by atoms with Crippen LogP contribution in [0.4, 0.5) is 0 Å². The lowest BCUT2D eigenvalue weighted by Gasteiger charge is -2.31. The second-order valence-electron chi connectivity index (χ2n) is 5.91. The van der Waals surface area contributed by atoms with Crippen LogP contribution in [0.25, 0.3) is 0 Å². The summed E-state index contributed by atoms with van der Waals surface area (Å²) in [6.07, 6.45) is 5.23. The summed E-state index contributed by atoms with van der Waals surface area (Å²) < 4.78 is 0. The van der Waals surface area contributed by atoms with E-state index in [9.17, 15) is 4.79 Å². The molecule has 0 radical (unpaired) electrons. The number of benzene rings is 1. The van der Waals surface area contributed by atoms with E-state index in [4.69, 9.17) is 17.3 Å². The van der Waals surface area contributed by atoms with Gasteiger partial charge in [-0.1, -0.05) is 43.5 Å². The van der Waals surface area contributed by atoms with Crippen molar-refractivity contribution >= 4 is 17.5 Å². The summed E-state index contributed by atoms with van der Waals surface area (Å²) in [5.74, 6) is 0.568. The minimum Gasteiger partial charge on any atom is -0.349 e. The Morgan fingerprint density at radius 3 is 2.62 bits per heavy atom. The van der Waals surface area contributed by atoms with Crippen LogP contribution in [-0.2, 0) is 4.79 Å². The molecule has 3 nitrogen and oxygen atoms in total. The topological polar surface area (TPSA) is 55.1 Å². The molecule has 3 unspecified atom stereocenters. The quantitative estimate of drug-likeness (QED) is 0.872. The lowest BCUT2D eigenvalue weighted by molar-refractivity contribution is -0.128. The van der Waals surface area contributed by atoms with Gasteiger partial charge in [-0.15, -0.1) is 0 Å². The minimum atomic E-state index is 0.0510. The first-order valence-electron chi connectivity index (χ1n) is 7.91. The summed E-state index contributed by atoms with van der Waals surface area (Å²) in [6, 6.07) is 7.76.